The van der Waals surface area contributed by atoms with Crippen LogP contribution in [0.25, 0.3) is 16.7 Å². The molecule has 2 aromatic rings. The molecule has 0 bridgehead atoms. The molecule has 13 heavy (non-hydrogen) atoms. The molecule has 0 fully saturated rings. The number of benzene rings is 1. The molecule has 0 atom stereocenters. The number of hydrogen-bond donors (Lipinski definition) is 0. The van der Waals surface area contributed by atoms with Crippen LogP contribution in [0.3, 0.4) is 0 Å². The Bertz CT molecular complexity index is 478. The van der Waals surface area contributed by atoms with E-state index in [-0.39, 0.29) is 57.0 Å². The molecule has 0 aliphatic carbocycles. The van der Waals surface area contributed by atoms with E-state index in [2.05, 4.69) is 0 Å². The molecule has 1 aromatic heterocycles. The molecule has 1 aromatic carbocycles. The van der Waals surface area contributed by atoms with Gasteiger partial charge in [-0.3, -0.25) is 0 Å². The maximum absolute atomic E-state index is 10.8. The maximum Gasteiger partial charge on any atom is 1.00 e. The standard InChI is InChI=1S/C9H7NO2.K/c10-7-3-1-6-2-4-9(11)12-8(6)5-7;/h1-5H,(H2,10,11);/q;+1/p-1. The predicted octanol–water partition coefficient (Wildman–Crippen LogP) is -0.519. The molecule has 0 radical (unpaired) electrons. The molecule has 0 spiro atoms. The van der Waals surface area contributed by atoms with Crippen molar-refractivity contribution in [2.45, 2.75) is 0 Å². The van der Waals surface area contributed by atoms with E-state index in [0.29, 0.717) is 11.3 Å². The maximum atomic E-state index is 10.8. The number of rotatable bonds is 0. The number of fused-ring (bicyclic) bond motifs is 1. The van der Waals surface area contributed by atoms with E-state index < -0.39 is 0 Å². The second-order valence-corrected chi connectivity index (χ2v) is 2.51. The van der Waals surface area contributed by atoms with Gasteiger partial charge in [-0.05, 0) is 12.1 Å². The molecular formula is C9H6KNO2. The van der Waals surface area contributed by atoms with Crippen molar-refractivity contribution in [2.75, 3.05) is 0 Å². The van der Waals surface area contributed by atoms with Crippen molar-refractivity contribution in [2.24, 2.45) is 0 Å². The Morgan fingerprint density at radius 3 is 2.62 bits per heavy atom. The molecule has 4 heteroatoms. The molecule has 2 rings (SSSR count). The summed E-state index contributed by atoms with van der Waals surface area (Å²) in [5.41, 5.74) is 7.72. The van der Waals surface area contributed by atoms with Crippen LogP contribution in [-0.4, -0.2) is 0 Å². The van der Waals surface area contributed by atoms with Crippen molar-refractivity contribution in [3.8, 4) is 0 Å². The van der Waals surface area contributed by atoms with E-state index in [0.717, 1.165) is 5.39 Å². The average molecular weight is 199 g/mol. The number of hydrogen-bond acceptors (Lipinski definition) is 2. The van der Waals surface area contributed by atoms with Gasteiger partial charge in [0.05, 0.1) is 0 Å². The van der Waals surface area contributed by atoms with Gasteiger partial charge in [0, 0.05) is 11.5 Å². The largest absolute Gasteiger partial charge is 1.00 e. The van der Waals surface area contributed by atoms with Crippen LogP contribution in [0, 0.1) is 0 Å². The van der Waals surface area contributed by atoms with Crippen molar-refractivity contribution in [1.82, 2.24) is 0 Å². The van der Waals surface area contributed by atoms with Crippen molar-refractivity contribution in [3.05, 3.63) is 46.5 Å². The Kier molecular flexibility index (Phi) is 3.70. The summed E-state index contributed by atoms with van der Waals surface area (Å²) in [6.45, 7) is 0. The van der Waals surface area contributed by atoms with Gasteiger partial charge in [0.15, 0.2) is 0 Å². The summed E-state index contributed by atoms with van der Waals surface area (Å²) in [5, 5.41) is 0.839. The van der Waals surface area contributed by atoms with Gasteiger partial charge in [-0.25, -0.2) is 4.79 Å². The van der Waals surface area contributed by atoms with Gasteiger partial charge < -0.3 is 10.2 Å². The van der Waals surface area contributed by atoms with Gasteiger partial charge in [-0.1, -0.05) is 12.1 Å². The molecule has 0 aliphatic heterocycles. The van der Waals surface area contributed by atoms with Crippen LogP contribution in [0.5, 0.6) is 0 Å². The van der Waals surface area contributed by atoms with Gasteiger partial charge in [-0.15, -0.1) is 5.69 Å². The second kappa shape index (κ2) is 4.39. The van der Waals surface area contributed by atoms with Crippen molar-refractivity contribution >= 4 is 16.7 Å². The summed E-state index contributed by atoms with van der Waals surface area (Å²) in [5.74, 6) is 0. The van der Waals surface area contributed by atoms with Crippen molar-refractivity contribution in [3.63, 3.8) is 0 Å². The van der Waals surface area contributed by atoms with E-state index >= 15 is 0 Å². The normalized spacial score (nSPS) is 9.54. The Balaban J connectivity index is 0.000000845. The molecular weight excluding hydrogens is 193 g/mol. The van der Waals surface area contributed by atoms with E-state index in [1.807, 2.05) is 0 Å². The zero-order chi connectivity index (χ0) is 8.55. The molecule has 3 nitrogen and oxygen atoms in total. The predicted molar refractivity (Wildman–Crippen MR) is 46.5 cm³/mol. The third-order valence-electron chi connectivity index (χ3n) is 1.62. The Labute approximate surface area is 117 Å². The van der Waals surface area contributed by atoms with Gasteiger partial charge in [-0.2, -0.15) is 0 Å². The topological polar surface area (TPSA) is 54.0 Å². The van der Waals surface area contributed by atoms with Crippen LogP contribution in [-0.2, 0) is 0 Å². The van der Waals surface area contributed by atoms with Crippen LogP contribution < -0.4 is 57.0 Å². The van der Waals surface area contributed by atoms with Gasteiger partial charge in [0.2, 0.25) is 0 Å². The molecule has 0 aliphatic rings. The van der Waals surface area contributed by atoms with Crippen LogP contribution in [0.1, 0.15) is 0 Å². The molecule has 60 valence electrons. The third kappa shape index (κ3) is 2.42. The summed E-state index contributed by atoms with van der Waals surface area (Å²) >= 11 is 0. The SMILES string of the molecule is [K+].[NH-]c1ccc2ccc(=O)oc2c1. The van der Waals surface area contributed by atoms with E-state index in [1.165, 1.54) is 12.1 Å². The Hall–Kier alpha value is -0.134. The van der Waals surface area contributed by atoms with E-state index in [1.54, 1.807) is 18.2 Å². The first kappa shape index (κ1) is 10.9. The molecule has 1 heterocycles. The average Bonchev–Trinajstić information content (AvgIpc) is 2.03. The smallest absolute Gasteiger partial charge is 0.699 e. The third-order valence-corrected chi connectivity index (χ3v) is 1.62. The summed E-state index contributed by atoms with van der Waals surface area (Å²) < 4.78 is 4.87. The fourth-order valence-corrected chi connectivity index (χ4v) is 1.06. The molecule has 0 unspecified atom stereocenters. The first-order valence-corrected chi connectivity index (χ1v) is 3.51. The monoisotopic (exact) mass is 199 g/mol. The molecule has 0 amide bonds. The molecule has 1 N–H and O–H groups in total. The fraction of sp³-hybridized carbons (Fsp3) is 0. The summed E-state index contributed by atoms with van der Waals surface area (Å²) in [7, 11) is 0. The first-order valence-electron chi connectivity index (χ1n) is 3.51. The fourth-order valence-electron chi connectivity index (χ4n) is 1.06. The van der Waals surface area contributed by atoms with Gasteiger partial charge >= 0.3 is 57.0 Å². The second-order valence-electron chi connectivity index (χ2n) is 2.51. The summed E-state index contributed by atoms with van der Waals surface area (Å²) in [4.78, 5) is 10.8. The van der Waals surface area contributed by atoms with Crippen LogP contribution >= 0.6 is 0 Å². The van der Waals surface area contributed by atoms with Crippen molar-refractivity contribution < 1.29 is 55.8 Å². The zero-order valence-corrected chi connectivity index (χ0v) is 10.3. The first-order chi connectivity index (χ1) is 5.75. The zero-order valence-electron chi connectivity index (χ0n) is 7.20. The van der Waals surface area contributed by atoms with Gasteiger partial charge in [0.25, 0.3) is 0 Å². The summed E-state index contributed by atoms with van der Waals surface area (Å²) in [6, 6.07) is 7.98. The Morgan fingerprint density at radius 2 is 1.85 bits per heavy atom. The Morgan fingerprint density at radius 1 is 1.15 bits per heavy atom. The number of nitrogens with one attached hydrogen (secondary N) is 1. The minimum atomic E-state index is -0.381. The molecule has 0 saturated heterocycles. The summed E-state index contributed by atoms with van der Waals surface area (Å²) in [6.07, 6.45) is 0. The van der Waals surface area contributed by atoms with Crippen LogP contribution in [0.4, 0.5) is 5.69 Å². The van der Waals surface area contributed by atoms with Crippen molar-refractivity contribution in [1.29, 1.82) is 0 Å². The minimum Gasteiger partial charge on any atom is -0.699 e. The van der Waals surface area contributed by atoms with Crippen LogP contribution in [0.15, 0.2) is 39.5 Å². The van der Waals surface area contributed by atoms with E-state index in [4.69, 9.17) is 10.2 Å². The molecule has 0 saturated carbocycles. The minimum absolute atomic E-state index is 0. The van der Waals surface area contributed by atoms with E-state index in [9.17, 15) is 4.79 Å². The van der Waals surface area contributed by atoms with Gasteiger partial charge in [0.1, 0.15) is 5.58 Å². The quantitative estimate of drug-likeness (QED) is 0.423. The van der Waals surface area contributed by atoms with Crippen LogP contribution in [0.2, 0.25) is 0 Å².